The van der Waals surface area contributed by atoms with Gasteiger partial charge in [-0.1, -0.05) is 42.9 Å². The second-order valence-corrected chi connectivity index (χ2v) is 6.21. The SMILES string of the molecule is CCCCOC(=O)c1ccc2nc(Nc3ccccc3)sc2c1. The van der Waals surface area contributed by atoms with Crippen molar-refractivity contribution in [1.29, 1.82) is 0 Å². The molecule has 23 heavy (non-hydrogen) atoms. The average molecular weight is 326 g/mol. The molecule has 0 saturated heterocycles. The van der Waals surface area contributed by atoms with E-state index in [9.17, 15) is 4.79 Å². The number of carbonyl (C=O) groups is 1. The van der Waals surface area contributed by atoms with Gasteiger partial charge in [-0.05, 0) is 36.8 Å². The molecule has 0 atom stereocenters. The zero-order valence-electron chi connectivity index (χ0n) is 12.9. The van der Waals surface area contributed by atoms with Gasteiger partial charge in [0.15, 0.2) is 5.13 Å². The molecule has 2 aromatic carbocycles. The third-order valence-corrected chi connectivity index (χ3v) is 4.31. The van der Waals surface area contributed by atoms with Crippen molar-refractivity contribution < 1.29 is 9.53 Å². The standard InChI is InChI=1S/C18H18N2O2S/c1-2-3-11-22-17(21)13-9-10-15-16(12-13)23-18(20-15)19-14-7-5-4-6-8-14/h4-10,12H,2-3,11H2,1H3,(H,19,20). The van der Waals surface area contributed by atoms with Gasteiger partial charge in [-0.2, -0.15) is 0 Å². The number of esters is 1. The quantitative estimate of drug-likeness (QED) is 0.512. The molecule has 118 valence electrons. The van der Waals surface area contributed by atoms with Gasteiger partial charge in [0.25, 0.3) is 0 Å². The smallest absolute Gasteiger partial charge is 0.338 e. The monoisotopic (exact) mass is 326 g/mol. The molecule has 0 unspecified atom stereocenters. The van der Waals surface area contributed by atoms with Crippen molar-refractivity contribution in [1.82, 2.24) is 4.98 Å². The summed E-state index contributed by atoms with van der Waals surface area (Å²) in [6, 6.07) is 15.4. The fourth-order valence-electron chi connectivity index (χ4n) is 2.14. The Kier molecular flexibility index (Phi) is 4.88. The lowest BCUT2D eigenvalue weighted by Crippen LogP contribution is -2.05. The topological polar surface area (TPSA) is 51.2 Å². The maximum absolute atomic E-state index is 12.0. The molecule has 3 rings (SSSR count). The maximum Gasteiger partial charge on any atom is 0.338 e. The predicted molar refractivity (Wildman–Crippen MR) is 94.5 cm³/mol. The fraction of sp³-hybridized carbons (Fsp3) is 0.222. The molecule has 5 heteroatoms. The van der Waals surface area contributed by atoms with Crippen LogP contribution in [0.2, 0.25) is 0 Å². The Bertz CT molecular complexity index is 799. The Morgan fingerprint density at radius 3 is 2.83 bits per heavy atom. The number of nitrogens with one attached hydrogen (secondary N) is 1. The minimum atomic E-state index is -0.272. The van der Waals surface area contributed by atoms with Crippen molar-refractivity contribution in [3.05, 3.63) is 54.1 Å². The number of nitrogens with zero attached hydrogens (tertiary/aromatic N) is 1. The average Bonchev–Trinajstić information content (AvgIpc) is 2.97. The molecule has 4 nitrogen and oxygen atoms in total. The lowest BCUT2D eigenvalue weighted by atomic mass is 10.2. The van der Waals surface area contributed by atoms with E-state index in [1.807, 2.05) is 42.5 Å². The van der Waals surface area contributed by atoms with E-state index in [0.29, 0.717) is 12.2 Å². The summed E-state index contributed by atoms with van der Waals surface area (Å²) in [6.07, 6.45) is 1.90. The van der Waals surface area contributed by atoms with Crippen LogP contribution in [-0.2, 0) is 4.74 Å². The molecule has 0 aliphatic carbocycles. The molecule has 0 bridgehead atoms. The number of ether oxygens (including phenoxy) is 1. The number of unbranched alkanes of at least 4 members (excludes halogenated alkanes) is 1. The summed E-state index contributed by atoms with van der Waals surface area (Å²) in [5.74, 6) is -0.272. The minimum absolute atomic E-state index is 0.272. The Labute approximate surface area is 139 Å². The van der Waals surface area contributed by atoms with Crippen molar-refractivity contribution in [3.63, 3.8) is 0 Å². The van der Waals surface area contributed by atoms with Crippen LogP contribution in [0.3, 0.4) is 0 Å². The van der Waals surface area contributed by atoms with E-state index in [4.69, 9.17) is 4.74 Å². The van der Waals surface area contributed by atoms with Gasteiger partial charge >= 0.3 is 5.97 Å². The van der Waals surface area contributed by atoms with Gasteiger partial charge in [0, 0.05) is 5.69 Å². The molecular formula is C18H18N2O2S. The number of benzene rings is 2. The van der Waals surface area contributed by atoms with Gasteiger partial charge in [0.2, 0.25) is 0 Å². The Morgan fingerprint density at radius 1 is 1.22 bits per heavy atom. The summed E-state index contributed by atoms with van der Waals surface area (Å²) >= 11 is 1.52. The van der Waals surface area contributed by atoms with Crippen LogP contribution in [0.25, 0.3) is 10.2 Å². The second kappa shape index (κ2) is 7.24. The van der Waals surface area contributed by atoms with Gasteiger partial charge < -0.3 is 10.1 Å². The molecule has 0 spiro atoms. The molecule has 0 radical (unpaired) electrons. The van der Waals surface area contributed by atoms with Crippen LogP contribution in [0.15, 0.2) is 48.5 Å². The molecule has 3 aromatic rings. The first-order chi connectivity index (χ1) is 11.3. The lowest BCUT2D eigenvalue weighted by Gasteiger charge is -2.03. The summed E-state index contributed by atoms with van der Waals surface area (Å²) in [4.78, 5) is 16.5. The van der Waals surface area contributed by atoms with Crippen LogP contribution in [0.5, 0.6) is 0 Å². The van der Waals surface area contributed by atoms with E-state index in [2.05, 4.69) is 17.2 Å². The molecule has 1 heterocycles. The number of carbonyl (C=O) groups excluding carboxylic acids is 1. The number of aromatic nitrogens is 1. The molecule has 0 amide bonds. The molecule has 0 aliphatic rings. The van der Waals surface area contributed by atoms with E-state index in [-0.39, 0.29) is 5.97 Å². The first kappa shape index (κ1) is 15.5. The maximum atomic E-state index is 12.0. The van der Waals surface area contributed by atoms with Gasteiger partial charge in [0.1, 0.15) is 0 Å². The molecule has 1 N–H and O–H groups in total. The highest BCUT2D eigenvalue weighted by Gasteiger charge is 2.10. The number of hydrogen-bond acceptors (Lipinski definition) is 5. The molecule has 0 saturated carbocycles. The summed E-state index contributed by atoms with van der Waals surface area (Å²) in [5.41, 5.74) is 2.44. The highest BCUT2D eigenvalue weighted by Crippen LogP contribution is 2.29. The molecule has 1 aromatic heterocycles. The van der Waals surface area contributed by atoms with Crippen LogP contribution in [0.4, 0.5) is 10.8 Å². The number of rotatable bonds is 6. The second-order valence-electron chi connectivity index (χ2n) is 5.18. The van der Waals surface area contributed by atoms with E-state index < -0.39 is 0 Å². The normalized spacial score (nSPS) is 10.7. The molecule has 0 aliphatic heterocycles. The zero-order valence-corrected chi connectivity index (χ0v) is 13.7. The number of thiazole rings is 1. The first-order valence-electron chi connectivity index (χ1n) is 7.66. The van der Waals surface area contributed by atoms with Gasteiger partial charge in [-0.25, -0.2) is 9.78 Å². The van der Waals surface area contributed by atoms with E-state index in [1.165, 1.54) is 11.3 Å². The van der Waals surface area contributed by atoms with E-state index >= 15 is 0 Å². The van der Waals surface area contributed by atoms with E-state index in [0.717, 1.165) is 33.9 Å². The fourth-order valence-corrected chi connectivity index (χ4v) is 3.07. The number of anilines is 2. The largest absolute Gasteiger partial charge is 0.462 e. The van der Waals surface area contributed by atoms with Crippen molar-refractivity contribution in [2.24, 2.45) is 0 Å². The van der Waals surface area contributed by atoms with Crippen molar-refractivity contribution in [2.75, 3.05) is 11.9 Å². The Balaban J connectivity index is 1.76. The number of para-hydroxylation sites is 1. The van der Waals surface area contributed by atoms with Gasteiger partial charge in [0.05, 0.1) is 22.4 Å². The summed E-state index contributed by atoms with van der Waals surface area (Å²) < 4.78 is 6.22. The summed E-state index contributed by atoms with van der Waals surface area (Å²) in [7, 11) is 0. The Hall–Kier alpha value is -2.40. The highest BCUT2D eigenvalue weighted by atomic mass is 32.1. The Morgan fingerprint density at radius 2 is 2.04 bits per heavy atom. The van der Waals surface area contributed by atoms with Crippen LogP contribution in [0.1, 0.15) is 30.1 Å². The van der Waals surface area contributed by atoms with Gasteiger partial charge in [-0.15, -0.1) is 0 Å². The van der Waals surface area contributed by atoms with Gasteiger partial charge in [-0.3, -0.25) is 0 Å². The third kappa shape index (κ3) is 3.87. The first-order valence-corrected chi connectivity index (χ1v) is 8.47. The highest BCUT2D eigenvalue weighted by molar-refractivity contribution is 7.22. The lowest BCUT2D eigenvalue weighted by molar-refractivity contribution is 0.0500. The number of fused-ring (bicyclic) bond motifs is 1. The summed E-state index contributed by atoms with van der Waals surface area (Å²) in [5, 5.41) is 4.08. The van der Waals surface area contributed by atoms with E-state index in [1.54, 1.807) is 6.07 Å². The van der Waals surface area contributed by atoms with Crippen molar-refractivity contribution in [3.8, 4) is 0 Å². The molecular weight excluding hydrogens is 308 g/mol. The van der Waals surface area contributed by atoms with Crippen LogP contribution in [-0.4, -0.2) is 17.6 Å². The van der Waals surface area contributed by atoms with Crippen molar-refractivity contribution in [2.45, 2.75) is 19.8 Å². The third-order valence-electron chi connectivity index (χ3n) is 3.38. The minimum Gasteiger partial charge on any atom is -0.462 e. The van der Waals surface area contributed by atoms with Crippen LogP contribution in [0, 0.1) is 0 Å². The zero-order chi connectivity index (χ0) is 16.1. The molecule has 0 fully saturated rings. The summed E-state index contributed by atoms with van der Waals surface area (Å²) in [6.45, 7) is 2.54. The number of hydrogen-bond donors (Lipinski definition) is 1. The van der Waals surface area contributed by atoms with Crippen molar-refractivity contribution >= 4 is 38.3 Å². The van der Waals surface area contributed by atoms with Crippen LogP contribution >= 0.6 is 11.3 Å². The predicted octanol–water partition coefficient (Wildman–Crippen LogP) is 5.00. The van der Waals surface area contributed by atoms with Crippen LogP contribution < -0.4 is 5.32 Å².